The van der Waals surface area contributed by atoms with Crippen LogP contribution in [0, 0.1) is 0 Å². The summed E-state index contributed by atoms with van der Waals surface area (Å²) in [6.45, 7) is 7.54. The summed E-state index contributed by atoms with van der Waals surface area (Å²) in [5.74, 6) is 1.81. The standard InChI is InChI=1S/C43H34O7/c1-3-39(44)48-24-22-46-33-16-18-35-31(26-33)14-20-37-42(35)41(30-12-10-29(11-13-30)28-8-6-5-7-9-28)43-36-19-17-34(47-23-25-49-40(45)4-2)27-32(36)15-21-38(43)50-37/h3-21,26-27,41H,1-2,22-25H2. The molecule has 7 nitrogen and oxygen atoms in total. The highest BCUT2D eigenvalue weighted by molar-refractivity contribution is 5.96. The normalized spacial score (nSPS) is 11.9. The summed E-state index contributed by atoms with van der Waals surface area (Å²) in [6, 6.07) is 39.2. The van der Waals surface area contributed by atoms with E-state index in [0.29, 0.717) is 11.5 Å². The topological polar surface area (TPSA) is 80.3 Å². The zero-order valence-electron chi connectivity index (χ0n) is 27.3. The first-order valence-corrected chi connectivity index (χ1v) is 16.3. The second-order valence-electron chi connectivity index (χ2n) is 11.7. The molecule has 1 aliphatic rings. The van der Waals surface area contributed by atoms with Gasteiger partial charge in [0.25, 0.3) is 0 Å². The minimum atomic E-state index is -0.482. The largest absolute Gasteiger partial charge is 0.490 e. The lowest BCUT2D eigenvalue weighted by Gasteiger charge is -2.31. The summed E-state index contributed by atoms with van der Waals surface area (Å²) in [7, 11) is 0. The van der Waals surface area contributed by atoms with Crippen LogP contribution >= 0.6 is 0 Å². The van der Waals surface area contributed by atoms with E-state index in [1.54, 1.807) is 0 Å². The molecule has 0 atom stereocenters. The monoisotopic (exact) mass is 662 g/mol. The van der Waals surface area contributed by atoms with Gasteiger partial charge in [0.1, 0.15) is 49.4 Å². The Kier molecular flexibility index (Phi) is 9.29. The van der Waals surface area contributed by atoms with E-state index in [2.05, 4.69) is 61.7 Å². The van der Waals surface area contributed by atoms with Crippen LogP contribution in [0.2, 0.25) is 0 Å². The number of carbonyl (C=O) groups excluding carboxylic acids is 2. The van der Waals surface area contributed by atoms with E-state index in [-0.39, 0.29) is 32.3 Å². The Bertz CT molecular complexity index is 2100. The molecule has 0 amide bonds. The fraction of sp³-hybridized carbons (Fsp3) is 0.116. The van der Waals surface area contributed by atoms with Gasteiger partial charge in [-0.15, -0.1) is 0 Å². The Morgan fingerprint density at radius 3 is 1.58 bits per heavy atom. The van der Waals surface area contributed by atoms with Gasteiger partial charge in [-0.05, 0) is 74.6 Å². The zero-order chi connectivity index (χ0) is 34.5. The van der Waals surface area contributed by atoms with E-state index in [1.165, 1.54) is 0 Å². The fourth-order valence-corrected chi connectivity index (χ4v) is 6.39. The number of esters is 2. The van der Waals surface area contributed by atoms with Crippen molar-refractivity contribution in [3.8, 4) is 34.1 Å². The maximum atomic E-state index is 11.4. The van der Waals surface area contributed by atoms with Crippen LogP contribution in [0.3, 0.4) is 0 Å². The van der Waals surface area contributed by atoms with Gasteiger partial charge in [-0.3, -0.25) is 0 Å². The molecule has 0 unspecified atom stereocenters. The molecule has 0 saturated heterocycles. The number of ether oxygens (including phenoxy) is 5. The SMILES string of the molecule is C=CC(=O)OCCOc1ccc2c3c(ccc2c1)Oc1ccc2cc(OCCOC(=O)C=C)ccc2c1C3c1ccc(-c2ccccc2)cc1. The highest BCUT2D eigenvalue weighted by Gasteiger charge is 2.32. The molecule has 248 valence electrons. The van der Waals surface area contributed by atoms with Crippen molar-refractivity contribution in [2.75, 3.05) is 26.4 Å². The third-order valence-electron chi connectivity index (χ3n) is 8.66. The number of hydrogen-bond donors (Lipinski definition) is 0. The lowest BCUT2D eigenvalue weighted by Crippen LogP contribution is -2.13. The Labute approximate surface area is 289 Å². The first-order valence-electron chi connectivity index (χ1n) is 16.3. The molecule has 0 bridgehead atoms. The van der Waals surface area contributed by atoms with Crippen LogP contribution in [-0.4, -0.2) is 38.4 Å². The van der Waals surface area contributed by atoms with Crippen LogP contribution in [0.4, 0.5) is 0 Å². The number of carbonyl (C=O) groups is 2. The van der Waals surface area contributed by atoms with Gasteiger partial charge < -0.3 is 23.7 Å². The van der Waals surface area contributed by atoms with E-state index in [9.17, 15) is 9.59 Å². The molecule has 0 saturated carbocycles. The number of benzene rings is 6. The van der Waals surface area contributed by atoms with Crippen molar-refractivity contribution in [2.45, 2.75) is 5.92 Å². The summed E-state index contributed by atoms with van der Waals surface area (Å²) in [6.07, 6.45) is 2.26. The van der Waals surface area contributed by atoms with E-state index >= 15 is 0 Å². The number of hydrogen-bond acceptors (Lipinski definition) is 7. The van der Waals surface area contributed by atoms with Crippen molar-refractivity contribution in [1.29, 1.82) is 0 Å². The minimum absolute atomic E-state index is 0.126. The Morgan fingerprint density at radius 2 is 1.08 bits per heavy atom. The molecule has 0 aliphatic carbocycles. The Balaban J connectivity index is 1.28. The fourth-order valence-electron chi connectivity index (χ4n) is 6.39. The van der Waals surface area contributed by atoms with Crippen molar-refractivity contribution < 1.29 is 33.3 Å². The summed E-state index contributed by atoms with van der Waals surface area (Å²) in [5.41, 5.74) is 5.54. The maximum absolute atomic E-state index is 11.4. The third-order valence-corrected chi connectivity index (χ3v) is 8.66. The van der Waals surface area contributed by atoms with Crippen molar-refractivity contribution in [1.82, 2.24) is 0 Å². The highest BCUT2D eigenvalue weighted by atomic mass is 16.6. The van der Waals surface area contributed by atoms with Crippen molar-refractivity contribution >= 4 is 33.5 Å². The predicted molar refractivity (Wildman–Crippen MR) is 194 cm³/mol. The molecule has 0 fully saturated rings. The van der Waals surface area contributed by atoms with Gasteiger partial charge in [-0.1, -0.05) is 92.0 Å². The van der Waals surface area contributed by atoms with Crippen LogP contribution in [0.25, 0.3) is 32.7 Å². The zero-order valence-corrected chi connectivity index (χ0v) is 27.3. The summed E-state index contributed by atoms with van der Waals surface area (Å²) >= 11 is 0. The van der Waals surface area contributed by atoms with Gasteiger partial charge in [-0.25, -0.2) is 9.59 Å². The molecule has 0 spiro atoms. The first-order chi connectivity index (χ1) is 24.5. The summed E-state index contributed by atoms with van der Waals surface area (Å²) in [5, 5.41) is 4.08. The van der Waals surface area contributed by atoms with Crippen molar-refractivity contribution in [3.63, 3.8) is 0 Å². The second kappa shape index (κ2) is 14.4. The van der Waals surface area contributed by atoms with E-state index < -0.39 is 11.9 Å². The van der Waals surface area contributed by atoms with Crippen LogP contribution in [0.5, 0.6) is 23.0 Å². The third kappa shape index (κ3) is 6.66. The molecule has 50 heavy (non-hydrogen) atoms. The highest BCUT2D eigenvalue weighted by Crippen LogP contribution is 2.52. The number of fused-ring (bicyclic) bond motifs is 6. The molecule has 7 rings (SSSR count). The van der Waals surface area contributed by atoms with Gasteiger partial charge in [0.2, 0.25) is 0 Å². The van der Waals surface area contributed by atoms with Gasteiger partial charge in [0, 0.05) is 29.2 Å². The average molecular weight is 663 g/mol. The minimum Gasteiger partial charge on any atom is -0.490 e. The Hall–Kier alpha value is -6.34. The summed E-state index contributed by atoms with van der Waals surface area (Å²) in [4.78, 5) is 22.8. The molecule has 0 radical (unpaired) electrons. The molecule has 7 heteroatoms. The molecule has 6 aromatic carbocycles. The first kappa shape index (κ1) is 32.2. The van der Waals surface area contributed by atoms with E-state index in [4.69, 9.17) is 23.7 Å². The quantitative estimate of drug-likeness (QED) is 0.0733. The molecule has 0 aromatic heterocycles. The van der Waals surface area contributed by atoms with E-state index in [0.717, 1.165) is 73.0 Å². The second-order valence-corrected chi connectivity index (χ2v) is 11.7. The van der Waals surface area contributed by atoms with Crippen LogP contribution in [-0.2, 0) is 19.1 Å². The smallest absolute Gasteiger partial charge is 0.330 e. The maximum Gasteiger partial charge on any atom is 0.330 e. The van der Waals surface area contributed by atoms with Gasteiger partial charge in [0.15, 0.2) is 0 Å². The van der Waals surface area contributed by atoms with E-state index in [1.807, 2.05) is 66.7 Å². The van der Waals surface area contributed by atoms with Crippen LogP contribution in [0.15, 0.2) is 141 Å². The van der Waals surface area contributed by atoms with Gasteiger partial charge >= 0.3 is 11.9 Å². The lowest BCUT2D eigenvalue weighted by atomic mass is 9.78. The predicted octanol–water partition coefficient (Wildman–Crippen LogP) is 9.16. The average Bonchev–Trinajstić information content (AvgIpc) is 3.17. The molecule has 6 aromatic rings. The van der Waals surface area contributed by atoms with Crippen molar-refractivity contribution in [2.24, 2.45) is 0 Å². The van der Waals surface area contributed by atoms with Crippen LogP contribution < -0.4 is 14.2 Å². The van der Waals surface area contributed by atoms with Crippen molar-refractivity contribution in [3.05, 3.63) is 157 Å². The molecule has 1 heterocycles. The lowest BCUT2D eigenvalue weighted by molar-refractivity contribution is -0.139. The van der Waals surface area contributed by atoms with Gasteiger partial charge in [0.05, 0.1) is 0 Å². The molecular weight excluding hydrogens is 628 g/mol. The molecule has 0 N–H and O–H groups in total. The summed E-state index contributed by atoms with van der Waals surface area (Å²) < 4.78 is 28.6. The van der Waals surface area contributed by atoms with Gasteiger partial charge in [-0.2, -0.15) is 0 Å². The molecular formula is C43H34O7. The number of rotatable bonds is 12. The molecule has 1 aliphatic heterocycles. The van der Waals surface area contributed by atoms with Crippen LogP contribution in [0.1, 0.15) is 22.6 Å². The Morgan fingerprint density at radius 1 is 0.580 bits per heavy atom.